The molecule has 184 valence electrons. The number of rotatable bonds is 7. The number of ether oxygens (including phenoxy) is 1. The van der Waals surface area contributed by atoms with Gasteiger partial charge in [0.25, 0.3) is 0 Å². The van der Waals surface area contributed by atoms with Crippen LogP contribution in [0.1, 0.15) is 44.7 Å². The van der Waals surface area contributed by atoms with E-state index in [2.05, 4.69) is 33.6 Å². The molecule has 0 aliphatic carbocycles. The Bertz CT molecular complexity index is 1110. The predicted octanol–water partition coefficient (Wildman–Crippen LogP) is 2.53. The van der Waals surface area contributed by atoms with Crippen LogP contribution in [-0.2, 0) is 16.6 Å². The van der Waals surface area contributed by atoms with Gasteiger partial charge < -0.3 is 9.84 Å². The van der Waals surface area contributed by atoms with E-state index in [9.17, 15) is 13.5 Å². The highest BCUT2D eigenvalue weighted by Gasteiger charge is 2.38. The van der Waals surface area contributed by atoms with E-state index < -0.39 is 16.1 Å². The van der Waals surface area contributed by atoms with Gasteiger partial charge in [-0.05, 0) is 38.6 Å². The minimum atomic E-state index is -3.86. The molecule has 34 heavy (non-hydrogen) atoms. The van der Waals surface area contributed by atoms with Crippen molar-refractivity contribution in [3.63, 3.8) is 0 Å². The number of nitrogens with zero attached hydrogens (tertiary/aromatic N) is 4. The van der Waals surface area contributed by atoms with Crippen LogP contribution in [0.15, 0.2) is 41.8 Å². The summed E-state index contributed by atoms with van der Waals surface area (Å²) in [6, 6.07) is 4.44. The van der Waals surface area contributed by atoms with E-state index in [1.807, 2.05) is 14.0 Å². The molecule has 1 N–H and O–H groups in total. The van der Waals surface area contributed by atoms with Gasteiger partial charge in [0.05, 0.1) is 6.61 Å². The molecule has 0 radical (unpaired) electrons. The molecule has 1 aromatic heterocycles. The molecule has 0 saturated heterocycles. The summed E-state index contributed by atoms with van der Waals surface area (Å²) < 4.78 is 34.9. The lowest BCUT2D eigenvalue weighted by Crippen LogP contribution is -2.49. The standard InChI is InChI=1S/C25H34N4O4S/c1-5-6-7-8-21-9-10-25-23(11-21)33-24(16-28(4)15-22-12-26-18-27-13-22)19(2)14-29(20(3)17-30)34(25,31)32/h9-13,18-20,24,30H,5-6,14-17H2,1-4H3/t19-,20-,24-/m1/s1. The van der Waals surface area contributed by atoms with E-state index in [1.54, 1.807) is 37.5 Å². The summed E-state index contributed by atoms with van der Waals surface area (Å²) in [4.78, 5) is 10.4. The number of fused-ring (bicyclic) bond motifs is 1. The normalized spacial score (nSPS) is 20.9. The molecule has 0 saturated carbocycles. The van der Waals surface area contributed by atoms with Crippen LogP contribution in [-0.4, -0.2) is 71.6 Å². The Labute approximate surface area is 203 Å². The molecule has 0 unspecified atom stereocenters. The second-order valence-electron chi connectivity index (χ2n) is 8.90. The Balaban J connectivity index is 1.97. The fourth-order valence-electron chi connectivity index (χ4n) is 3.91. The zero-order valence-corrected chi connectivity index (χ0v) is 21.1. The summed E-state index contributed by atoms with van der Waals surface area (Å²) in [7, 11) is -1.87. The van der Waals surface area contributed by atoms with Crippen LogP contribution in [0.4, 0.5) is 0 Å². The molecule has 8 nitrogen and oxygen atoms in total. The first kappa shape index (κ1) is 26.1. The maximum Gasteiger partial charge on any atom is 0.247 e. The smallest absolute Gasteiger partial charge is 0.247 e. The van der Waals surface area contributed by atoms with Crippen molar-refractivity contribution in [3.05, 3.63) is 48.0 Å². The average molecular weight is 487 g/mol. The molecule has 0 spiro atoms. The molecule has 1 aromatic carbocycles. The molecule has 1 aliphatic rings. The molecule has 3 rings (SSSR count). The Kier molecular flexibility index (Phi) is 9.03. The highest BCUT2D eigenvalue weighted by Crippen LogP contribution is 2.34. The fourth-order valence-corrected chi connectivity index (χ4v) is 5.73. The summed E-state index contributed by atoms with van der Waals surface area (Å²) in [5, 5.41) is 9.78. The molecular weight excluding hydrogens is 452 g/mol. The van der Waals surface area contributed by atoms with E-state index in [0.29, 0.717) is 24.4 Å². The molecule has 2 aromatic rings. The first-order chi connectivity index (χ1) is 16.3. The summed E-state index contributed by atoms with van der Waals surface area (Å²) in [6.45, 7) is 6.95. The van der Waals surface area contributed by atoms with Crippen molar-refractivity contribution in [2.45, 2.75) is 57.2 Å². The highest BCUT2D eigenvalue weighted by molar-refractivity contribution is 7.89. The number of sulfonamides is 1. The van der Waals surface area contributed by atoms with Crippen molar-refractivity contribution in [2.24, 2.45) is 5.92 Å². The third kappa shape index (κ3) is 6.33. The Morgan fingerprint density at radius 1 is 1.32 bits per heavy atom. The average Bonchev–Trinajstić information content (AvgIpc) is 2.81. The summed E-state index contributed by atoms with van der Waals surface area (Å²) in [5.74, 6) is 6.38. The number of hydrogen-bond donors (Lipinski definition) is 1. The van der Waals surface area contributed by atoms with Crippen molar-refractivity contribution < 1.29 is 18.3 Å². The molecule has 3 atom stereocenters. The van der Waals surface area contributed by atoms with Crippen LogP contribution in [0.3, 0.4) is 0 Å². The van der Waals surface area contributed by atoms with Gasteiger partial charge in [0, 0.05) is 61.5 Å². The molecule has 1 aliphatic heterocycles. The molecule has 9 heteroatoms. The molecule has 0 amide bonds. The topological polar surface area (TPSA) is 95.9 Å². The summed E-state index contributed by atoms with van der Waals surface area (Å²) >= 11 is 0. The van der Waals surface area contributed by atoms with Crippen LogP contribution in [0.25, 0.3) is 0 Å². The quantitative estimate of drug-likeness (QED) is 0.601. The van der Waals surface area contributed by atoms with Crippen LogP contribution in [0.2, 0.25) is 0 Å². The van der Waals surface area contributed by atoms with Crippen LogP contribution >= 0.6 is 0 Å². The van der Waals surface area contributed by atoms with E-state index >= 15 is 0 Å². The monoisotopic (exact) mass is 486 g/mol. The van der Waals surface area contributed by atoms with Crippen LogP contribution in [0.5, 0.6) is 5.75 Å². The van der Waals surface area contributed by atoms with Gasteiger partial charge in [0.2, 0.25) is 10.0 Å². The maximum absolute atomic E-state index is 13.5. The van der Waals surface area contributed by atoms with Crippen molar-refractivity contribution >= 4 is 10.0 Å². The first-order valence-electron chi connectivity index (χ1n) is 11.6. The molecule has 0 bridgehead atoms. The minimum absolute atomic E-state index is 0.102. The van der Waals surface area contributed by atoms with Crippen LogP contribution in [0, 0.1) is 17.8 Å². The summed E-state index contributed by atoms with van der Waals surface area (Å²) in [5.41, 5.74) is 1.70. The number of likely N-dealkylation sites (N-methyl/N-ethyl adjacent to an activating group) is 1. The second kappa shape index (κ2) is 11.8. The van der Waals surface area contributed by atoms with Gasteiger partial charge in [-0.1, -0.05) is 25.7 Å². The number of aliphatic hydroxyl groups excluding tert-OH is 1. The third-order valence-corrected chi connectivity index (χ3v) is 7.85. The lowest BCUT2D eigenvalue weighted by Gasteiger charge is -2.37. The SMILES string of the molecule is CCCC#Cc1ccc2c(c1)O[C@H](CN(C)Cc1cncnc1)[C@H](C)CN([C@H](C)CO)S2(=O)=O. The number of unbranched alkanes of at least 4 members (excludes halogenated alkanes) is 1. The van der Waals surface area contributed by atoms with Crippen molar-refractivity contribution in [3.8, 4) is 17.6 Å². The van der Waals surface area contributed by atoms with E-state index in [-0.39, 0.29) is 30.1 Å². The summed E-state index contributed by atoms with van der Waals surface area (Å²) in [6.07, 6.45) is 6.50. The van der Waals surface area contributed by atoms with Crippen molar-refractivity contribution in [1.82, 2.24) is 19.2 Å². The number of hydrogen-bond acceptors (Lipinski definition) is 7. The van der Waals surface area contributed by atoms with E-state index in [0.717, 1.165) is 18.4 Å². The maximum atomic E-state index is 13.5. The van der Waals surface area contributed by atoms with Gasteiger partial charge in [-0.25, -0.2) is 18.4 Å². The Morgan fingerprint density at radius 2 is 2.06 bits per heavy atom. The largest absolute Gasteiger partial charge is 0.487 e. The van der Waals surface area contributed by atoms with Crippen molar-refractivity contribution in [2.75, 3.05) is 26.7 Å². The zero-order chi connectivity index (χ0) is 24.7. The Morgan fingerprint density at radius 3 is 2.74 bits per heavy atom. The molecule has 2 heterocycles. The third-order valence-electron chi connectivity index (χ3n) is 5.83. The predicted molar refractivity (Wildman–Crippen MR) is 131 cm³/mol. The van der Waals surface area contributed by atoms with Gasteiger partial charge in [-0.2, -0.15) is 4.31 Å². The van der Waals surface area contributed by atoms with Gasteiger partial charge in [-0.3, -0.25) is 4.90 Å². The van der Waals surface area contributed by atoms with Gasteiger partial charge in [0.1, 0.15) is 23.1 Å². The molecule has 0 fully saturated rings. The fraction of sp³-hybridized carbons (Fsp3) is 0.520. The van der Waals surface area contributed by atoms with Gasteiger partial charge in [0.15, 0.2) is 0 Å². The van der Waals surface area contributed by atoms with Gasteiger partial charge >= 0.3 is 0 Å². The van der Waals surface area contributed by atoms with E-state index in [1.165, 1.54) is 10.6 Å². The minimum Gasteiger partial charge on any atom is -0.487 e. The first-order valence-corrected chi connectivity index (χ1v) is 13.0. The zero-order valence-electron chi connectivity index (χ0n) is 20.3. The van der Waals surface area contributed by atoms with E-state index in [4.69, 9.17) is 4.74 Å². The number of aliphatic hydroxyl groups is 1. The van der Waals surface area contributed by atoms with Gasteiger partial charge in [-0.15, -0.1) is 0 Å². The second-order valence-corrected chi connectivity index (χ2v) is 10.8. The number of aromatic nitrogens is 2. The lowest BCUT2D eigenvalue weighted by molar-refractivity contribution is 0.0733. The van der Waals surface area contributed by atoms with Crippen molar-refractivity contribution in [1.29, 1.82) is 0 Å². The lowest BCUT2D eigenvalue weighted by atomic mass is 10.0. The highest BCUT2D eigenvalue weighted by atomic mass is 32.2. The molecular formula is C25H34N4O4S. The number of benzene rings is 1. The Hall–Kier alpha value is -2.51. The van der Waals surface area contributed by atoms with Crippen LogP contribution < -0.4 is 4.74 Å².